The molecular weight excluding hydrogens is 512 g/mol. The minimum atomic E-state index is -1.13. The van der Waals surface area contributed by atoms with Crippen molar-refractivity contribution in [3.63, 3.8) is 0 Å². The lowest BCUT2D eigenvalue weighted by Crippen LogP contribution is -2.66. The van der Waals surface area contributed by atoms with E-state index >= 15 is 0 Å². The molecule has 4 aromatic carbocycles. The predicted molar refractivity (Wildman–Crippen MR) is 156 cm³/mol. The summed E-state index contributed by atoms with van der Waals surface area (Å²) < 4.78 is 0. The number of carbonyl (C=O) groups is 3. The SMILES string of the molecule is O=C(O)[C@@H]1[C@H]2CC[C@@H](CN1C(=O)C(c1ccccc1)c1ccccc1)N2C(=O)C(c1ccccc1)c1ccccc1. The topological polar surface area (TPSA) is 77.9 Å². The van der Waals surface area contributed by atoms with Crippen LogP contribution in [0, 0.1) is 0 Å². The number of carboxylic acids is 1. The van der Waals surface area contributed by atoms with Crippen molar-refractivity contribution in [2.45, 2.75) is 42.8 Å². The molecule has 0 aromatic heterocycles. The second-order valence-corrected chi connectivity index (χ2v) is 10.8. The van der Waals surface area contributed by atoms with Gasteiger partial charge < -0.3 is 14.9 Å². The number of piperazine rings is 1. The highest BCUT2D eigenvalue weighted by Crippen LogP contribution is 2.40. The van der Waals surface area contributed by atoms with E-state index in [-0.39, 0.29) is 24.4 Å². The standard InChI is InChI=1S/C35H32N2O4/c38-33(30(24-13-5-1-6-14-24)25-15-7-2-8-16-25)36-23-28-21-22-29(32(36)35(40)41)37(28)34(39)31(26-17-9-3-10-18-26)27-19-11-4-12-20-27/h1-20,28-32H,21-23H2,(H,40,41)/t28-,29+,32-/m0/s1. The molecule has 4 aromatic rings. The highest BCUT2D eigenvalue weighted by Gasteiger charge is 2.54. The maximum absolute atomic E-state index is 14.4. The van der Waals surface area contributed by atoms with Crippen LogP contribution in [0.5, 0.6) is 0 Å². The van der Waals surface area contributed by atoms with Crippen LogP contribution in [0.2, 0.25) is 0 Å². The Balaban J connectivity index is 1.36. The molecule has 0 spiro atoms. The molecule has 2 aliphatic rings. The summed E-state index contributed by atoms with van der Waals surface area (Å²) in [6, 6.07) is 36.2. The van der Waals surface area contributed by atoms with Crippen molar-refractivity contribution < 1.29 is 19.5 Å². The molecule has 41 heavy (non-hydrogen) atoms. The lowest BCUT2D eigenvalue weighted by atomic mass is 9.87. The summed E-state index contributed by atoms with van der Waals surface area (Å²) in [5, 5.41) is 10.5. The number of nitrogens with zero attached hydrogens (tertiary/aromatic N) is 2. The van der Waals surface area contributed by atoms with E-state index in [4.69, 9.17) is 0 Å². The Labute approximate surface area is 239 Å². The van der Waals surface area contributed by atoms with Crippen LogP contribution in [0.15, 0.2) is 121 Å². The molecule has 2 aliphatic heterocycles. The summed E-state index contributed by atoms with van der Waals surface area (Å²) in [6.07, 6.45) is 1.19. The van der Waals surface area contributed by atoms with Gasteiger partial charge in [0.15, 0.2) is 0 Å². The van der Waals surface area contributed by atoms with Crippen molar-refractivity contribution in [1.29, 1.82) is 0 Å². The normalized spacial score (nSPS) is 19.9. The summed E-state index contributed by atoms with van der Waals surface area (Å²) in [5.74, 6) is -2.64. The minimum Gasteiger partial charge on any atom is -0.480 e. The maximum Gasteiger partial charge on any atom is 0.328 e. The Kier molecular flexibility index (Phi) is 7.38. The van der Waals surface area contributed by atoms with E-state index in [2.05, 4.69) is 0 Å². The summed E-state index contributed by atoms with van der Waals surface area (Å²) in [6.45, 7) is 0.185. The molecule has 0 saturated carbocycles. The number of hydrogen-bond acceptors (Lipinski definition) is 3. The summed E-state index contributed by atoms with van der Waals surface area (Å²) in [4.78, 5) is 45.0. The monoisotopic (exact) mass is 544 g/mol. The Bertz CT molecular complexity index is 1430. The molecule has 2 fully saturated rings. The largest absolute Gasteiger partial charge is 0.480 e. The van der Waals surface area contributed by atoms with Crippen LogP contribution in [0.25, 0.3) is 0 Å². The van der Waals surface area contributed by atoms with Gasteiger partial charge in [0.05, 0.1) is 17.9 Å². The van der Waals surface area contributed by atoms with Crippen LogP contribution in [0.1, 0.15) is 46.9 Å². The Morgan fingerprint density at radius 1 is 0.585 bits per heavy atom. The van der Waals surface area contributed by atoms with E-state index in [1.165, 1.54) is 4.90 Å². The zero-order valence-corrected chi connectivity index (χ0v) is 22.6. The van der Waals surface area contributed by atoms with Crippen molar-refractivity contribution in [3.8, 4) is 0 Å². The molecule has 0 radical (unpaired) electrons. The van der Waals surface area contributed by atoms with Crippen LogP contribution in [-0.2, 0) is 14.4 Å². The highest BCUT2D eigenvalue weighted by atomic mass is 16.4. The highest BCUT2D eigenvalue weighted by molar-refractivity contribution is 5.93. The van der Waals surface area contributed by atoms with E-state index in [1.807, 2.05) is 121 Å². The first kappa shape index (κ1) is 26.5. The zero-order valence-electron chi connectivity index (χ0n) is 22.6. The third-order valence-corrected chi connectivity index (χ3v) is 8.47. The molecule has 0 aliphatic carbocycles. The van der Waals surface area contributed by atoms with Crippen LogP contribution in [0.3, 0.4) is 0 Å². The quantitative estimate of drug-likeness (QED) is 0.342. The average molecular weight is 545 g/mol. The molecule has 6 nitrogen and oxygen atoms in total. The first-order valence-electron chi connectivity index (χ1n) is 14.1. The molecule has 6 rings (SSSR count). The number of amides is 2. The number of benzene rings is 4. The zero-order chi connectivity index (χ0) is 28.3. The molecule has 3 atom stereocenters. The first-order valence-corrected chi connectivity index (χ1v) is 14.1. The van der Waals surface area contributed by atoms with Crippen molar-refractivity contribution in [2.24, 2.45) is 0 Å². The second kappa shape index (κ2) is 11.4. The number of fused-ring (bicyclic) bond motifs is 2. The fourth-order valence-corrected chi connectivity index (χ4v) is 6.67. The lowest BCUT2D eigenvalue weighted by molar-refractivity contribution is -0.161. The van der Waals surface area contributed by atoms with Gasteiger partial charge >= 0.3 is 5.97 Å². The van der Waals surface area contributed by atoms with Gasteiger partial charge in [-0.3, -0.25) is 9.59 Å². The van der Waals surface area contributed by atoms with Crippen molar-refractivity contribution in [2.75, 3.05) is 6.54 Å². The van der Waals surface area contributed by atoms with Crippen molar-refractivity contribution in [1.82, 2.24) is 9.80 Å². The van der Waals surface area contributed by atoms with Gasteiger partial charge in [-0.05, 0) is 35.1 Å². The van der Waals surface area contributed by atoms with Crippen molar-refractivity contribution >= 4 is 17.8 Å². The Morgan fingerprint density at radius 3 is 1.37 bits per heavy atom. The van der Waals surface area contributed by atoms with Gasteiger partial charge in [0.2, 0.25) is 11.8 Å². The molecule has 206 valence electrons. The Morgan fingerprint density at radius 2 is 0.976 bits per heavy atom. The number of hydrogen-bond donors (Lipinski definition) is 1. The second-order valence-electron chi connectivity index (χ2n) is 10.8. The number of likely N-dealkylation sites (tertiary alicyclic amines) is 1. The van der Waals surface area contributed by atoms with Gasteiger partial charge in [-0.2, -0.15) is 0 Å². The molecular formula is C35H32N2O4. The van der Waals surface area contributed by atoms with Crippen LogP contribution in [-0.4, -0.2) is 57.4 Å². The van der Waals surface area contributed by atoms with Gasteiger partial charge in [-0.25, -0.2) is 4.79 Å². The smallest absolute Gasteiger partial charge is 0.328 e. The Hall–Kier alpha value is -4.71. The van der Waals surface area contributed by atoms with Gasteiger partial charge in [-0.1, -0.05) is 121 Å². The molecule has 2 bridgehead atoms. The van der Waals surface area contributed by atoms with Crippen LogP contribution < -0.4 is 0 Å². The third-order valence-electron chi connectivity index (χ3n) is 8.47. The van der Waals surface area contributed by atoms with Crippen LogP contribution >= 0.6 is 0 Å². The third kappa shape index (κ3) is 5.02. The number of carboxylic acid groups (broad SMARTS) is 1. The maximum atomic E-state index is 14.4. The van der Waals surface area contributed by atoms with Gasteiger partial charge in [0, 0.05) is 12.6 Å². The fraction of sp³-hybridized carbons (Fsp3) is 0.229. The van der Waals surface area contributed by atoms with Gasteiger partial charge in [0.25, 0.3) is 0 Å². The van der Waals surface area contributed by atoms with E-state index < -0.39 is 29.9 Å². The lowest BCUT2D eigenvalue weighted by Gasteiger charge is -2.47. The van der Waals surface area contributed by atoms with Gasteiger partial charge in [-0.15, -0.1) is 0 Å². The number of carbonyl (C=O) groups excluding carboxylic acids is 2. The van der Waals surface area contributed by atoms with Gasteiger partial charge in [0.1, 0.15) is 6.04 Å². The predicted octanol–water partition coefficient (Wildman–Crippen LogP) is 5.31. The fourth-order valence-electron chi connectivity index (χ4n) is 6.67. The first-order chi connectivity index (χ1) is 20.0. The summed E-state index contributed by atoms with van der Waals surface area (Å²) in [5.41, 5.74) is 3.35. The van der Waals surface area contributed by atoms with Crippen molar-refractivity contribution in [3.05, 3.63) is 144 Å². The molecule has 2 heterocycles. The molecule has 0 unspecified atom stereocenters. The summed E-state index contributed by atoms with van der Waals surface area (Å²) in [7, 11) is 0. The number of aliphatic carboxylic acids is 1. The molecule has 2 amide bonds. The van der Waals surface area contributed by atoms with E-state index in [0.29, 0.717) is 12.8 Å². The van der Waals surface area contributed by atoms with E-state index in [1.54, 1.807) is 4.90 Å². The molecule has 6 heteroatoms. The number of rotatable bonds is 7. The van der Waals surface area contributed by atoms with E-state index in [9.17, 15) is 19.5 Å². The van der Waals surface area contributed by atoms with Crippen LogP contribution in [0.4, 0.5) is 0 Å². The summed E-state index contributed by atoms with van der Waals surface area (Å²) >= 11 is 0. The minimum absolute atomic E-state index is 0.115. The average Bonchev–Trinajstić information content (AvgIpc) is 3.31. The molecule has 1 N–H and O–H groups in total. The molecule has 2 saturated heterocycles. The van der Waals surface area contributed by atoms with E-state index in [0.717, 1.165) is 22.3 Å².